The standard InChI is InChI=1S/C14H20Cl2N2O2S/c1-17-10-11-8-12(15)9-13(14(11)16)21(19,20)18-6-4-2-3-5-7-18/h8-9,17H,2-7,10H2,1H3. The molecule has 1 fully saturated rings. The molecule has 0 amide bonds. The van der Waals surface area contributed by atoms with E-state index in [0.717, 1.165) is 25.7 Å². The average Bonchev–Trinajstić information content (AvgIpc) is 2.72. The summed E-state index contributed by atoms with van der Waals surface area (Å²) in [6.45, 7) is 1.57. The van der Waals surface area contributed by atoms with Gasteiger partial charge in [0.2, 0.25) is 10.0 Å². The molecule has 21 heavy (non-hydrogen) atoms. The van der Waals surface area contributed by atoms with E-state index in [9.17, 15) is 8.42 Å². The van der Waals surface area contributed by atoms with Gasteiger partial charge in [0.15, 0.2) is 0 Å². The lowest BCUT2D eigenvalue weighted by Crippen LogP contribution is -2.32. The maximum Gasteiger partial charge on any atom is 0.244 e. The van der Waals surface area contributed by atoms with E-state index in [1.54, 1.807) is 13.1 Å². The molecular formula is C14H20Cl2N2O2S. The third kappa shape index (κ3) is 3.90. The summed E-state index contributed by atoms with van der Waals surface area (Å²) < 4.78 is 27.2. The first-order valence-electron chi connectivity index (χ1n) is 7.09. The fourth-order valence-corrected chi connectivity index (χ4v) is 4.97. The van der Waals surface area contributed by atoms with Gasteiger partial charge in [-0.05, 0) is 37.6 Å². The number of hydrogen-bond acceptors (Lipinski definition) is 3. The van der Waals surface area contributed by atoms with E-state index < -0.39 is 10.0 Å². The van der Waals surface area contributed by atoms with E-state index in [4.69, 9.17) is 23.2 Å². The molecule has 118 valence electrons. The second-order valence-corrected chi connectivity index (χ2v) is 7.95. The summed E-state index contributed by atoms with van der Waals surface area (Å²) in [6.07, 6.45) is 3.92. The first kappa shape index (κ1) is 17.0. The fourth-order valence-electron chi connectivity index (χ4n) is 2.55. The molecule has 0 unspecified atom stereocenters. The van der Waals surface area contributed by atoms with E-state index in [1.165, 1.54) is 10.4 Å². The zero-order valence-electron chi connectivity index (χ0n) is 12.0. The van der Waals surface area contributed by atoms with Gasteiger partial charge in [0.1, 0.15) is 4.90 Å². The zero-order valence-corrected chi connectivity index (χ0v) is 14.4. The summed E-state index contributed by atoms with van der Waals surface area (Å²) in [5.74, 6) is 0. The molecule has 1 N–H and O–H groups in total. The van der Waals surface area contributed by atoms with Crippen LogP contribution in [0.5, 0.6) is 0 Å². The number of sulfonamides is 1. The van der Waals surface area contributed by atoms with Crippen LogP contribution in [0.2, 0.25) is 10.0 Å². The molecule has 1 aliphatic rings. The van der Waals surface area contributed by atoms with E-state index in [2.05, 4.69) is 5.32 Å². The molecule has 1 aromatic rings. The number of nitrogens with one attached hydrogen (secondary N) is 1. The van der Waals surface area contributed by atoms with Crippen molar-refractivity contribution < 1.29 is 8.42 Å². The molecular weight excluding hydrogens is 331 g/mol. The summed E-state index contributed by atoms with van der Waals surface area (Å²) >= 11 is 12.4. The van der Waals surface area contributed by atoms with Gasteiger partial charge in [-0.1, -0.05) is 36.0 Å². The minimum Gasteiger partial charge on any atom is -0.316 e. The Morgan fingerprint density at radius 2 is 1.76 bits per heavy atom. The van der Waals surface area contributed by atoms with Gasteiger partial charge >= 0.3 is 0 Å². The van der Waals surface area contributed by atoms with Crippen LogP contribution < -0.4 is 5.32 Å². The lowest BCUT2D eigenvalue weighted by molar-refractivity contribution is 0.423. The summed E-state index contributed by atoms with van der Waals surface area (Å²) in [4.78, 5) is 0.115. The molecule has 0 saturated carbocycles. The normalized spacial score (nSPS) is 17.7. The topological polar surface area (TPSA) is 49.4 Å². The highest BCUT2D eigenvalue weighted by molar-refractivity contribution is 7.89. The Bertz CT molecular complexity index is 597. The van der Waals surface area contributed by atoms with E-state index in [-0.39, 0.29) is 9.92 Å². The fraction of sp³-hybridized carbons (Fsp3) is 0.571. The Morgan fingerprint density at radius 1 is 1.14 bits per heavy atom. The summed E-state index contributed by atoms with van der Waals surface area (Å²) in [5, 5.41) is 3.62. The molecule has 4 nitrogen and oxygen atoms in total. The van der Waals surface area contributed by atoms with Crippen molar-refractivity contribution in [3.8, 4) is 0 Å². The lowest BCUT2D eigenvalue weighted by Gasteiger charge is -2.21. The van der Waals surface area contributed by atoms with Crippen LogP contribution in [-0.4, -0.2) is 32.9 Å². The van der Waals surface area contributed by atoms with Crippen molar-refractivity contribution in [1.29, 1.82) is 0 Å². The molecule has 0 spiro atoms. The third-order valence-corrected chi connectivity index (χ3v) is 6.33. The van der Waals surface area contributed by atoms with Crippen LogP contribution >= 0.6 is 23.2 Å². The predicted octanol–water partition coefficient (Wildman–Crippen LogP) is 3.28. The molecule has 1 aromatic carbocycles. The number of benzene rings is 1. The largest absolute Gasteiger partial charge is 0.316 e. The van der Waals surface area contributed by atoms with Crippen molar-refractivity contribution in [2.75, 3.05) is 20.1 Å². The predicted molar refractivity (Wildman–Crippen MR) is 86.5 cm³/mol. The minimum atomic E-state index is -3.59. The highest BCUT2D eigenvalue weighted by Gasteiger charge is 2.28. The van der Waals surface area contributed by atoms with Crippen LogP contribution in [0.3, 0.4) is 0 Å². The Labute approximate surface area is 136 Å². The van der Waals surface area contributed by atoms with Gasteiger partial charge in [-0.3, -0.25) is 0 Å². The van der Waals surface area contributed by atoms with E-state index in [0.29, 0.717) is 30.2 Å². The molecule has 1 saturated heterocycles. The average molecular weight is 351 g/mol. The molecule has 0 radical (unpaired) electrons. The molecule has 0 aromatic heterocycles. The summed E-state index contributed by atoms with van der Waals surface area (Å²) in [6, 6.07) is 3.14. The van der Waals surface area contributed by atoms with Crippen LogP contribution in [0.25, 0.3) is 0 Å². The van der Waals surface area contributed by atoms with Gasteiger partial charge in [-0.2, -0.15) is 4.31 Å². The Balaban J connectivity index is 2.43. The number of hydrogen-bond donors (Lipinski definition) is 1. The molecule has 0 aliphatic carbocycles. The monoisotopic (exact) mass is 350 g/mol. The van der Waals surface area contributed by atoms with Gasteiger partial charge in [-0.25, -0.2) is 8.42 Å². The van der Waals surface area contributed by atoms with Crippen molar-refractivity contribution in [2.45, 2.75) is 37.1 Å². The van der Waals surface area contributed by atoms with E-state index in [1.807, 2.05) is 0 Å². The van der Waals surface area contributed by atoms with Crippen LogP contribution in [0.1, 0.15) is 31.2 Å². The number of rotatable bonds is 4. The van der Waals surface area contributed by atoms with Crippen molar-refractivity contribution >= 4 is 33.2 Å². The Kier molecular flexibility index (Phi) is 5.91. The van der Waals surface area contributed by atoms with Crippen molar-refractivity contribution in [1.82, 2.24) is 9.62 Å². The molecule has 0 bridgehead atoms. The highest BCUT2D eigenvalue weighted by atomic mass is 35.5. The van der Waals surface area contributed by atoms with Gasteiger partial charge in [0.25, 0.3) is 0 Å². The van der Waals surface area contributed by atoms with Crippen molar-refractivity contribution in [3.63, 3.8) is 0 Å². The second kappa shape index (κ2) is 7.29. The van der Waals surface area contributed by atoms with Gasteiger partial charge < -0.3 is 5.32 Å². The second-order valence-electron chi connectivity index (χ2n) is 5.23. The summed E-state index contributed by atoms with van der Waals surface area (Å²) in [5.41, 5.74) is 0.695. The first-order valence-corrected chi connectivity index (χ1v) is 9.29. The summed E-state index contributed by atoms with van der Waals surface area (Å²) in [7, 11) is -1.81. The van der Waals surface area contributed by atoms with Crippen LogP contribution in [0, 0.1) is 0 Å². The minimum absolute atomic E-state index is 0.115. The van der Waals surface area contributed by atoms with Gasteiger partial charge in [0.05, 0.1) is 5.02 Å². The van der Waals surface area contributed by atoms with E-state index >= 15 is 0 Å². The molecule has 2 rings (SSSR count). The maximum absolute atomic E-state index is 12.8. The van der Waals surface area contributed by atoms with Gasteiger partial charge in [-0.15, -0.1) is 0 Å². The number of halogens is 2. The molecule has 7 heteroatoms. The highest BCUT2D eigenvalue weighted by Crippen LogP contribution is 2.32. The molecule has 0 atom stereocenters. The quantitative estimate of drug-likeness (QED) is 0.906. The van der Waals surface area contributed by atoms with Crippen molar-refractivity contribution in [2.24, 2.45) is 0 Å². The SMILES string of the molecule is CNCc1cc(Cl)cc(S(=O)(=O)N2CCCCCC2)c1Cl. The maximum atomic E-state index is 12.8. The number of nitrogens with zero attached hydrogens (tertiary/aromatic N) is 1. The zero-order chi connectivity index (χ0) is 15.5. The van der Waals surface area contributed by atoms with Crippen LogP contribution in [0.15, 0.2) is 17.0 Å². The molecule has 1 heterocycles. The Morgan fingerprint density at radius 3 is 2.33 bits per heavy atom. The molecule has 1 aliphatic heterocycles. The van der Waals surface area contributed by atoms with Crippen LogP contribution in [-0.2, 0) is 16.6 Å². The first-order chi connectivity index (χ1) is 9.96. The van der Waals surface area contributed by atoms with Crippen molar-refractivity contribution in [3.05, 3.63) is 27.7 Å². The smallest absolute Gasteiger partial charge is 0.244 e. The van der Waals surface area contributed by atoms with Crippen LogP contribution in [0.4, 0.5) is 0 Å². The lowest BCUT2D eigenvalue weighted by atomic mass is 10.2. The third-order valence-electron chi connectivity index (χ3n) is 3.63. The Hall–Kier alpha value is -0.330. The van der Waals surface area contributed by atoms with Gasteiger partial charge in [0, 0.05) is 24.7 Å².